The minimum atomic E-state index is -0.824. The number of barbiturate groups is 1. The summed E-state index contributed by atoms with van der Waals surface area (Å²) in [4.78, 5) is 39.0. The van der Waals surface area contributed by atoms with Crippen molar-refractivity contribution in [3.8, 4) is 11.5 Å². The van der Waals surface area contributed by atoms with Gasteiger partial charge in [-0.1, -0.05) is 56.9 Å². The number of nitrogens with one attached hydrogen (secondary N) is 1. The normalized spacial score (nSPS) is 14.8. The Hall–Kier alpha value is -3.62. The molecule has 0 radical (unpaired) electrons. The molecule has 0 spiro atoms. The smallest absolute Gasteiger partial charge is 0.335 e. The van der Waals surface area contributed by atoms with E-state index in [-0.39, 0.29) is 17.2 Å². The van der Waals surface area contributed by atoms with Crippen LogP contribution in [-0.4, -0.2) is 25.0 Å². The summed E-state index contributed by atoms with van der Waals surface area (Å²) in [5, 5.41) is 2.45. The van der Waals surface area contributed by atoms with Crippen molar-refractivity contribution in [3.63, 3.8) is 0 Å². The average molecular weight is 570 g/mol. The van der Waals surface area contributed by atoms with Crippen molar-refractivity contribution < 1.29 is 23.9 Å². The molecule has 1 aliphatic rings. The molecule has 0 bridgehead atoms. The molecule has 1 fully saturated rings. The third kappa shape index (κ3) is 5.45. The summed E-state index contributed by atoms with van der Waals surface area (Å²) in [6, 6.07) is 15.0. The highest BCUT2D eigenvalue weighted by Crippen LogP contribution is 2.38. The van der Waals surface area contributed by atoms with Gasteiger partial charge in [-0.05, 0) is 67.4 Å². The number of carbonyl (C=O) groups excluding carboxylic acids is 3. The summed E-state index contributed by atoms with van der Waals surface area (Å²) in [6.07, 6.45) is 1.36. The molecular weight excluding hydrogens is 548 g/mol. The Morgan fingerprint density at radius 1 is 1.00 bits per heavy atom. The molecule has 1 aliphatic heterocycles. The maximum atomic E-state index is 13.1. The van der Waals surface area contributed by atoms with Gasteiger partial charge in [-0.15, -0.1) is 0 Å². The van der Waals surface area contributed by atoms with Gasteiger partial charge in [-0.2, -0.15) is 0 Å². The number of amides is 4. The van der Waals surface area contributed by atoms with E-state index < -0.39 is 17.8 Å². The van der Waals surface area contributed by atoms with Crippen LogP contribution in [0.25, 0.3) is 6.08 Å². The van der Waals surface area contributed by atoms with Gasteiger partial charge in [0, 0.05) is 4.47 Å². The van der Waals surface area contributed by atoms with Crippen molar-refractivity contribution >= 4 is 57.1 Å². The number of hydrogen-bond donors (Lipinski definition) is 1. The Bertz CT molecular complexity index is 1380. The Morgan fingerprint density at radius 2 is 1.67 bits per heavy atom. The minimum absolute atomic E-state index is 0.223. The van der Waals surface area contributed by atoms with Crippen LogP contribution in [-0.2, 0) is 16.2 Å². The largest absolute Gasteiger partial charge is 0.493 e. The van der Waals surface area contributed by atoms with Crippen LogP contribution in [0.15, 0.2) is 64.6 Å². The molecule has 1 N–H and O–H groups in total. The lowest BCUT2D eigenvalue weighted by molar-refractivity contribution is -0.122. The number of hydrogen-bond acceptors (Lipinski definition) is 5. The first-order valence-corrected chi connectivity index (χ1v) is 12.1. The fourth-order valence-corrected chi connectivity index (χ4v) is 4.46. The summed E-state index contributed by atoms with van der Waals surface area (Å²) < 4.78 is 12.2. The number of nitrogens with zero attached hydrogens (tertiary/aromatic N) is 1. The van der Waals surface area contributed by atoms with Gasteiger partial charge in [-0.25, -0.2) is 9.69 Å². The second kappa shape index (κ2) is 10.6. The maximum Gasteiger partial charge on any atom is 0.335 e. The van der Waals surface area contributed by atoms with Crippen molar-refractivity contribution in [2.45, 2.75) is 20.5 Å². The Labute approximate surface area is 221 Å². The van der Waals surface area contributed by atoms with Gasteiger partial charge >= 0.3 is 6.03 Å². The molecule has 0 saturated carbocycles. The van der Waals surface area contributed by atoms with Crippen LogP contribution in [0.2, 0.25) is 5.02 Å². The zero-order valence-corrected chi connectivity index (χ0v) is 22.1. The van der Waals surface area contributed by atoms with Crippen molar-refractivity contribution in [2.24, 2.45) is 0 Å². The third-order valence-electron chi connectivity index (χ3n) is 5.41. The summed E-state index contributed by atoms with van der Waals surface area (Å²) in [5.41, 5.74) is 3.77. The SMILES string of the molecule is COc1cc(/C=C2\C(=O)NC(=O)N(c3ccc(Br)cc3)C2=O)cc(Cl)c1OCc1cc(C)cc(C)c1. The van der Waals surface area contributed by atoms with Gasteiger partial charge in [-0.3, -0.25) is 14.9 Å². The van der Waals surface area contributed by atoms with E-state index in [1.165, 1.54) is 13.2 Å². The van der Waals surface area contributed by atoms with Gasteiger partial charge in [0.15, 0.2) is 11.5 Å². The number of benzene rings is 3. The molecule has 3 aromatic carbocycles. The summed E-state index contributed by atoms with van der Waals surface area (Å²) in [6.45, 7) is 4.31. The number of urea groups is 1. The zero-order valence-electron chi connectivity index (χ0n) is 19.7. The number of imide groups is 2. The number of ether oxygens (including phenoxy) is 2. The molecule has 1 saturated heterocycles. The van der Waals surface area contributed by atoms with Crippen LogP contribution >= 0.6 is 27.5 Å². The van der Waals surface area contributed by atoms with E-state index in [4.69, 9.17) is 21.1 Å². The molecule has 1 heterocycles. The number of aryl methyl sites for hydroxylation is 2. The first kappa shape index (κ1) is 25.5. The minimum Gasteiger partial charge on any atom is -0.493 e. The van der Waals surface area contributed by atoms with E-state index in [2.05, 4.69) is 27.3 Å². The highest BCUT2D eigenvalue weighted by molar-refractivity contribution is 9.10. The van der Waals surface area contributed by atoms with E-state index in [0.717, 1.165) is 26.1 Å². The lowest BCUT2D eigenvalue weighted by Crippen LogP contribution is -2.54. The number of anilines is 1. The Kier molecular flexibility index (Phi) is 7.47. The Morgan fingerprint density at radius 3 is 2.31 bits per heavy atom. The number of carbonyl (C=O) groups is 3. The fourth-order valence-electron chi connectivity index (χ4n) is 3.92. The molecule has 0 aliphatic carbocycles. The van der Waals surface area contributed by atoms with E-state index in [1.807, 2.05) is 26.0 Å². The van der Waals surface area contributed by atoms with Gasteiger partial charge < -0.3 is 9.47 Å². The van der Waals surface area contributed by atoms with Gasteiger partial charge in [0.05, 0.1) is 17.8 Å². The van der Waals surface area contributed by atoms with Crippen LogP contribution in [0.4, 0.5) is 10.5 Å². The first-order valence-electron chi connectivity index (χ1n) is 10.9. The average Bonchev–Trinajstić information content (AvgIpc) is 2.81. The quantitative estimate of drug-likeness (QED) is 0.292. The lowest BCUT2D eigenvalue weighted by Gasteiger charge is -2.26. The van der Waals surface area contributed by atoms with Crippen molar-refractivity contribution in [3.05, 3.63) is 91.9 Å². The van der Waals surface area contributed by atoms with E-state index >= 15 is 0 Å². The molecule has 0 atom stereocenters. The first-order chi connectivity index (χ1) is 17.2. The number of rotatable bonds is 6. The molecule has 0 aromatic heterocycles. The molecule has 184 valence electrons. The topological polar surface area (TPSA) is 84.9 Å². The molecule has 4 rings (SSSR count). The van der Waals surface area contributed by atoms with Crippen LogP contribution in [0.5, 0.6) is 11.5 Å². The maximum absolute atomic E-state index is 13.1. The monoisotopic (exact) mass is 568 g/mol. The summed E-state index contributed by atoms with van der Waals surface area (Å²) in [5.74, 6) is -0.880. The summed E-state index contributed by atoms with van der Waals surface area (Å²) in [7, 11) is 1.47. The summed E-state index contributed by atoms with van der Waals surface area (Å²) >= 11 is 9.82. The number of halogens is 2. The molecule has 3 aromatic rings. The fraction of sp³-hybridized carbons (Fsp3) is 0.148. The van der Waals surface area contributed by atoms with Crippen molar-refractivity contribution in [2.75, 3.05) is 12.0 Å². The predicted octanol–water partition coefficient (Wildman–Crippen LogP) is 5.97. The molecule has 36 heavy (non-hydrogen) atoms. The highest BCUT2D eigenvalue weighted by Gasteiger charge is 2.36. The molecule has 4 amide bonds. The van der Waals surface area contributed by atoms with E-state index in [0.29, 0.717) is 22.7 Å². The number of methoxy groups -OCH3 is 1. The van der Waals surface area contributed by atoms with Crippen LogP contribution in [0, 0.1) is 13.8 Å². The molecular formula is C27H22BrClN2O5. The third-order valence-corrected chi connectivity index (χ3v) is 6.22. The van der Waals surface area contributed by atoms with Crippen LogP contribution in [0.3, 0.4) is 0 Å². The van der Waals surface area contributed by atoms with Crippen LogP contribution in [0.1, 0.15) is 22.3 Å². The van der Waals surface area contributed by atoms with Crippen LogP contribution < -0.4 is 19.7 Å². The van der Waals surface area contributed by atoms with E-state index in [1.54, 1.807) is 36.4 Å². The lowest BCUT2D eigenvalue weighted by atomic mass is 10.1. The highest BCUT2D eigenvalue weighted by atomic mass is 79.9. The van der Waals surface area contributed by atoms with Gasteiger partial charge in [0.25, 0.3) is 11.8 Å². The predicted molar refractivity (Wildman–Crippen MR) is 141 cm³/mol. The second-order valence-corrected chi connectivity index (χ2v) is 9.58. The molecule has 9 heteroatoms. The second-order valence-electron chi connectivity index (χ2n) is 8.25. The molecule has 7 nitrogen and oxygen atoms in total. The zero-order chi connectivity index (χ0) is 26.0. The van der Waals surface area contributed by atoms with Gasteiger partial charge in [0.2, 0.25) is 0 Å². The standard InChI is InChI=1S/C27H22BrClN2O5/c1-15-8-16(2)10-18(9-15)14-36-24-22(29)12-17(13-23(24)35-3)11-21-25(32)30-27(34)31(26(21)33)20-6-4-19(28)5-7-20/h4-13H,14H2,1-3H3,(H,30,32,34)/b21-11+. The van der Waals surface area contributed by atoms with E-state index in [9.17, 15) is 14.4 Å². The van der Waals surface area contributed by atoms with Gasteiger partial charge in [0.1, 0.15) is 12.2 Å². The van der Waals surface area contributed by atoms with Crippen molar-refractivity contribution in [1.29, 1.82) is 0 Å². The Balaban J connectivity index is 1.63. The molecule has 0 unspecified atom stereocenters. The van der Waals surface area contributed by atoms with Crippen molar-refractivity contribution in [1.82, 2.24) is 5.32 Å².